The van der Waals surface area contributed by atoms with Gasteiger partial charge in [0, 0.05) is 19.6 Å². The zero-order chi connectivity index (χ0) is 19.1. The largest absolute Gasteiger partial charge is 0.352 e. The Hall–Kier alpha value is -2.29. The first-order valence-electron chi connectivity index (χ1n) is 8.59. The lowest BCUT2D eigenvalue weighted by molar-refractivity contribution is -0.124. The molecule has 5 N–H and O–H groups in total. The molecule has 0 radical (unpaired) electrons. The molecule has 2 aliphatic carbocycles. The second kappa shape index (κ2) is 6.79. The van der Waals surface area contributed by atoms with Crippen LogP contribution in [0.5, 0.6) is 0 Å². The summed E-state index contributed by atoms with van der Waals surface area (Å²) in [7, 11) is 1.65. The lowest BCUT2D eigenvalue weighted by Gasteiger charge is -2.23. The van der Waals surface area contributed by atoms with Gasteiger partial charge in [0.25, 0.3) is 5.91 Å². The molecule has 1 atom stereocenters. The summed E-state index contributed by atoms with van der Waals surface area (Å²) in [5.41, 5.74) is 5.12. The van der Waals surface area contributed by atoms with Crippen LogP contribution in [0.4, 0.5) is 4.79 Å². The molecule has 142 valence electrons. The van der Waals surface area contributed by atoms with E-state index in [1.54, 1.807) is 14.0 Å². The van der Waals surface area contributed by atoms with Crippen molar-refractivity contribution in [3.8, 4) is 0 Å². The Bertz CT molecular complexity index is 753. The number of hydrogen-bond donors (Lipinski definition) is 4. The number of rotatable bonds is 7. The Morgan fingerprint density at radius 2 is 2.04 bits per heavy atom. The molecule has 2 aliphatic rings. The molecule has 1 heterocycles. The minimum Gasteiger partial charge on any atom is -0.352 e. The van der Waals surface area contributed by atoms with Gasteiger partial charge >= 0.3 is 6.03 Å². The lowest BCUT2D eigenvalue weighted by Crippen LogP contribution is -2.55. The third kappa shape index (κ3) is 3.77. The summed E-state index contributed by atoms with van der Waals surface area (Å²) in [5, 5.41) is 12.7. The number of aromatic nitrogens is 2. The Morgan fingerprint density at radius 1 is 1.38 bits per heavy atom. The Labute approximate surface area is 156 Å². The fraction of sp³-hybridized carbons (Fsp3) is 0.625. The van der Waals surface area contributed by atoms with E-state index in [2.05, 4.69) is 21.0 Å². The van der Waals surface area contributed by atoms with E-state index in [1.807, 2.05) is 0 Å². The van der Waals surface area contributed by atoms with Crippen molar-refractivity contribution in [1.82, 2.24) is 25.7 Å². The number of aryl methyl sites for hydroxylation is 2. The average molecular weight is 383 g/mol. The molecule has 0 saturated heterocycles. The molecule has 26 heavy (non-hydrogen) atoms. The third-order valence-corrected chi connectivity index (χ3v) is 5.35. The molecule has 0 aliphatic heterocycles. The Kier molecular flexibility index (Phi) is 4.83. The Morgan fingerprint density at radius 3 is 2.50 bits per heavy atom. The van der Waals surface area contributed by atoms with Crippen molar-refractivity contribution in [1.29, 1.82) is 0 Å². The van der Waals surface area contributed by atoms with E-state index in [9.17, 15) is 14.4 Å². The molecule has 0 aromatic carbocycles. The van der Waals surface area contributed by atoms with Gasteiger partial charge in [0.15, 0.2) is 0 Å². The fourth-order valence-electron chi connectivity index (χ4n) is 3.08. The van der Waals surface area contributed by atoms with Gasteiger partial charge < -0.3 is 21.7 Å². The van der Waals surface area contributed by atoms with Gasteiger partial charge in [-0.15, -0.1) is 0 Å². The quantitative estimate of drug-likeness (QED) is 0.536. The highest BCUT2D eigenvalue weighted by Crippen LogP contribution is 2.37. The SMILES string of the molecule is Cc1nn(C)c(C(=O)NCC(NC(=O)C2(NC(N)=O)CC2)C2CC2)c1Cl. The van der Waals surface area contributed by atoms with E-state index in [-0.39, 0.29) is 24.4 Å². The molecule has 2 fully saturated rings. The topological polar surface area (TPSA) is 131 Å². The van der Waals surface area contributed by atoms with Crippen LogP contribution < -0.4 is 21.7 Å². The van der Waals surface area contributed by atoms with Crippen molar-refractivity contribution in [2.24, 2.45) is 18.7 Å². The van der Waals surface area contributed by atoms with Crippen molar-refractivity contribution < 1.29 is 14.4 Å². The number of nitrogens with one attached hydrogen (secondary N) is 3. The molecule has 4 amide bonds. The van der Waals surface area contributed by atoms with E-state index in [1.165, 1.54) is 4.68 Å². The molecule has 1 aromatic heterocycles. The van der Waals surface area contributed by atoms with Crippen LogP contribution in [0.25, 0.3) is 0 Å². The first-order valence-corrected chi connectivity index (χ1v) is 8.97. The van der Waals surface area contributed by atoms with E-state index in [0.717, 1.165) is 12.8 Å². The van der Waals surface area contributed by atoms with Crippen molar-refractivity contribution in [3.05, 3.63) is 16.4 Å². The molecule has 1 unspecified atom stereocenters. The maximum absolute atomic E-state index is 12.5. The van der Waals surface area contributed by atoms with Crippen LogP contribution in [-0.2, 0) is 11.8 Å². The van der Waals surface area contributed by atoms with Crippen LogP contribution in [0.2, 0.25) is 5.02 Å². The van der Waals surface area contributed by atoms with Crippen LogP contribution in [0.1, 0.15) is 41.9 Å². The molecule has 1 aromatic rings. The number of amides is 4. The van der Waals surface area contributed by atoms with Crippen LogP contribution >= 0.6 is 11.6 Å². The normalized spacial score (nSPS) is 18.7. The van der Waals surface area contributed by atoms with Crippen molar-refractivity contribution in [2.45, 2.75) is 44.2 Å². The van der Waals surface area contributed by atoms with Gasteiger partial charge in [0.2, 0.25) is 5.91 Å². The number of urea groups is 1. The van der Waals surface area contributed by atoms with E-state index in [4.69, 9.17) is 17.3 Å². The summed E-state index contributed by atoms with van der Waals surface area (Å²) >= 11 is 6.13. The zero-order valence-corrected chi connectivity index (χ0v) is 15.5. The number of nitrogens with two attached hydrogens (primary N) is 1. The molecule has 3 rings (SSSR count). The standard InChI is InChI=1S/C16H23ClN6O3/c1-8-11(17)12(23(2)22-8)13(24)19-7-10(9-3-4-9)20-14(25)16(5-6-16)21-15(18)26/h9-10H,3-7H2,1-2H3,(H,19,24)(H,20,25)(H3,18,21,26). The Balaban J connectivity index is 1.60. The number of hydrogen-bond acceptors (Lipinski definition) is 4. The highest BCUT2D eigenvalue weighted by Gasteiger charge is 2.52. The molecule has 0 spiro atoms. The highest BCUT2D eigenvalue weighted by atomic mass is 35.5. The highest BCUT2D eigenvalue weighted by molar-refractivity contribution is 6.34. The van der Waals surface area contributed by atoms with Gasteiger partial charge in [0.1, 0.15) is 11.2 Å². The van der Waals surface area contributed by atoms with Crippen LogP contribution in [0, 0.1) is 12.8 Å². The number of carbonyl (C=O) groups is 3. The van der Waals surface area contributed by atoms with Gasteiger partial charge in [-0.25, -0.2) is 4.79 Å². The number of nitrogens with zero attached hydrogens (tertiary/aromatic N) is 2. The summed E-state index contributed by atoms with van der Waals surface area (Å²) < 4.78 is 1.44. The molecule has 10 heteroatoms. The summed E-state index contributed by atoms with van der Waals surface area (Å²) in [4.78, 5) is 36.0. The average Bonchev–Trinajstić information content (AvgIpc) is 3.44. The number of carbonyl (C=O) groups excluding carboxylic acids is 3. The van der Waals surface area contributed by atoms with Crippen molar-refractivity contribution in [2.75, 3.05) is 6.54 Å². The van der Waals surface area contributed by atoms with E-state index < -0.39 is 11.6 Å². The number of halogens is 1. The molecule has 9 nitrogen and oxygen atoms in total. The molecular weight excluding hydrogens is 360 g/mol. The molecule has 0 bridgehead atoms. The predicted octanol–water partition coefficient (Wildman–Crippen LogP) is 0.207. The summed E-state index contributed by atoms with van der Waals surface area (Å²) in [5.74, 6) is -0.279. The monoisotopic (exact) mass is 382 g/mol. The summed E-state index contributed by atoms with van der Waals surface area (Å²) in [6.45, 7) is 2.01. The van der Waals surface area contributed by atoms with E-state index in [0.29, 0.717) is 35.2 Å². The zero-order valence-electron chi connectivity index (χ0n) is 14.8. The third-order valence-electron chi connectivity index (χ3n) is 4.90. The van der Waals surface area contributed by atoms with Crippen LogP contribution in [0.15, 0.2) is 0 Å². The second-order valence-corrected chi connectivity index (χ2v) is 7.45. The maximum atomic E-state index is 12.5. The fourth-order valence-corrected chi connectivity index (χ4v) is 3.32. The summed E-state index contributed by atoms with van der Waals surface area (Å²) in [6.07, 6.45) is 3.11. The van der Waals surface area contributed by atoms with Gasteiger partial charge in [-0.05, 0) is 38.5 Å². The van der Waals surface area contributed by atoms with Crippen molar-refractivity contribution in [3.63, 3.8) is 0 Å². The predicted molar refractivity (Wildman–Crippen MR) is 94.6 cm³/mol. The maximum Gasteiger partial charge on any atom is 0.313 e. The minimum atomic E-state index is -0.897. The lowest BCUT2D eigenvalue weighted by atomic mass is 10.1. The van der Waals surface area contributed by atoms with E-state index >= 15 is 0 Å². The minimum absolute atomic E-state index is 0.202. The first-order chi connectivity index (χ1) is 12.2. The van der Waals surface area contributed by atoms with Gasteiger partial charge in [0.05, 0.1) is 10.7 Å². The van der Waals surface area contributed by atoms with Gasteiger partial charge in [-0.1, -0.05) is 11.6 Å². The molecule has 2 saturated carbocycles. The van der Waals surface area contributed by atoms with Crippen LogP contribution in [0.3, 0.4) is 0 Å². The van der Waals surface area contributed by atoms with Crippen LogP contribution in [-0.4, -0.2) is 45.8 Å². The second-order valence-electron chi connectivity index (χ2n) is 7.07. The molecular formula is C16H23ClN6O3. The first kappa shape index (κ1) is 18.5. The smallest absolute Gasteiger partial charge is 0.313 e. The number of primary amides is 1. The van der Waals surface area contributed by atoms with Gasteiger partial charge in [-0.2, -0.15) is 5.10 Å². The van der Waals surface area contributed by atoms with Gasteiger partial charge in [-0.3, -0.25) is 14.3 Å². The van der Waals surface area contributed by atoms with Crippen molar-refractivity contribution >= 4 is 29.4 Å². The summed E-state index contributed by atoms with van der Waals surface area (Å²) in [6, 6.07) is -0.915.